The van der Waals surface area contributed by atoms with Crippen molar-refractivity contribution in [1.82, 2.24) is 0 Å². The summed E-state index contributed by atoms with van der Waals surface area (Å²) in [5.41, 5.74) is 0. The molecule has 0 aliphatic heterocycles. The predicted molar refractivity (Wildman–Crippen MR) is 169 cm³/mol. The Morgan fingerprint density at radius 1 is 0.366 bits per heavy atom. The second-order valence-corrected chi connectivity index (χ2v) is 15.5. The molecule has 41 heavy (non-hydrogen) atoms. The second kappa shape index (κ2) is 36.8. The molecular weight excluding hydrogens is 583 g/mol. The van der Waals surface area contributed by atoms with Crippen LogP contribution in [0.25, 0.3) is 0 Å². The number of unbranched alkanes of at least 4 members (excludes halogenated alkanes) is 22. The van der Waals surface area contributed by atoms with Gasteiger partial charge in [-0.1, -0.05) is 66.2 Å². The number of rotatable bonds is 32. The summed E-state index contributed by atoms with van der Waals surface area (Å²) < 4.78 is 0.599. The molecule has 0 atom stereocenters. The molecule has 0 fully saturated rings. The summed E-state index contributed by atoms with van der Waals surface area (Å²) in [6.45, 7) is 9.29. The van der Waals surface area contributed by atoms with Gasteiger partial charge in [-0.05, 0) is 11.8 Å². The van der Waals surface area contributed by atoms with E-state index in [0.29, 0.717) is 21.0 Å². The molecule has 2 nitrogen and oxygen atoms in total. The van der Waals surface area contributed by atoms with Gasteiger partial charge in [-0.15, -0.1) is 0 Å². The minimum Gasteiger partial charge on any atom is -1.00 e. The van der Waals surface area contributed by atoms with Crippen LogP contribution in [-0.2, 0) is 28.7 Å². The Balaban J connectivity index is -0.00000722. The zero-order valence-electron chi connectivity index (χ0n) is 28.0. The van der Waals surface area contributed by atoms with Crippen LogP contribution in [0, 0.1) is 11.8 Å². The van der Waals surface area contributed by atoms with Crippen molar-refractivity contribution in [3.8, 4) is 0 Å². The van der Waals surface area contributed by atoms with E-state index < -0.39 is 19.2 Å². The molecule has 0 N–H and O–H groups in total. The van der Waals surface area contributed by atoms with Gasteiger partial charge in [0.2, 0.25) is 0 Å². The minimum absolute atomic E-state index is 0. The molecular formula is C36H70Cl2O2Ti. The standard InChI is InChI=1S/2C18H35O.2ClH.Ti/c2*1-18(2)16-14-12-10-8-6-4-3-5-7-9-11-13-15-17-19;;;/h2*18H,3-16H2,1-2H3;2*1H;/q;;;;+2/p-2. The third-order valence-electron chi connectivity index (χ3n) is 8.15. The first-order chi connectivity index (χ1) is 18.9. The van der Waals surface area contributed by atoms with Gasteiger partial charge < -0.3 is 24.8 Å². The Kier molecular flexibility index (Phi) is 41.4. The molecule has 0 aromatic rings. The van der Waals surface area contributed by atoms with Crippen LogP contribution < -0.4 is 24.8 Å². The van der Waals surface area contributed by atoms with E-state index in [4.69, 9.17) is 0 Å². The Hall–Kier alpha value is 0.634. The summed E-state index contributed by atoms with van der Waals surface area (Å²) in [6.07, 6.45) is 36.0. The van der Waals surface area contributed by atoms with Crippen LogP contribution in [0.15, 0.2) is 0 Å². The maximum absolute atomic E-state index is 12.2. The van der Waals surface area contributed by atoms with E-state index in [-0.39, 0.29) is 24.8 Å². The average molecular weight is 654 g/mol. The summed E-state index contributed by atoms with van der Waals surface area (Å²) in [5.74, 6) is 1.72. The van der Waals surface area contributed by atoms with Gasteiger partial charge in [-0.2, -0.15) is 0 Å². The molecule has 0 aromatic heterocycles. The Morgan fingerprint density at radius 3 is 0.780 bits per heavy atom. The number of hydrogen-bond acceptors (Lipinski definition) is 2. The number of carbonyl (C=O) groups is 2. The van der Waals surface area contributed by atoms with Crippen molar-refractivity contribution in [3.63, 3.8) is 0 Å². The zero-order valence-corrected chi connectivity index (χ0v) is 31.1. The van der Waals surface area contributed by atoms with Crippen LogP contribution >= 0.6 is 0 Å². The van der Waals surface area contributed by atoms with Crippen LogP contribution in [-0.4, -0.2) is 8.18 Å². The van der Waals surface area contributed by atoms with E-state index in [1.165, 1.54) is 154 Å². The van der Waals surface area contributed by atoms with Crippen molar-refractivity contribution in [1.29, 1.82) is 0 Å². The first kappa shape index (κ1) is 46.1. The summed E-state index contributed by atoms with van der Waals surface area (Å²) in [6, 6.07) is 0. The summed E-state index contributed by atoms with van der Waals surface area (Å²) in [5, 5.41) is 0. The molecule has 0 heterocycles. The number of hydrogen-bond donors (Lipinski definition) is 0. The van der Waals surface area contributed by atoms with Crippen molar-refractivity contribution in [2.45, 2.75) is 207 Å². The van der Waals surface area contributed by atoms with Crippen LogP contribution in [0.3, 0.4) is 0 Å². The fraction of sp³-hybridized carbons (Fsp3) is 0.944. The quantitative estimate of drug-likeness (QED) is 0.0626. The maximum atomic E-state index is 12.2. The van der Waals surface area contributed by atoms with Gasteiger partial charge in [-0.25, -0.2) is 0 Å². The van der Waals surface area contributed by atoms with Crippen LogP contribution in [0.4, 0.5) is 0 Å². The van der Waals surface area contributed by atoms with Gasteiger partial charge in [0.15, 0.2) is 0 Å². The molecule has 0 rings (SSSR count). The van der Waals surface area contributed by atoms with Gasteiger partial charge in [0, 0.05) is 0 Å². The summed E-state index contributed by atoms with van der Waals surface area (Å²) in [4.78, 5) is 24.4. The molecule has 0 radical (unpaired) electrons. The van der Waals surface area contributed by atoms with Crippen molar-refractivity contribution in [3.05, 3.63) is 0 Å². The Bertz CT molecular complexity index is 494. The molecule has 0 aromatic carbocycles. The van der Waals surface area contributed by atoms with Crippen molar-refractivity contribution < 1.29 is 53.6 Å². The van der Waals surface area contributed by atoms with Crippen molar-refractivity contribution in [2.75, 3.05) is 0 Å². The van der Waals surface area contributed by atoms with Gasteiger partial charge in [0.25, 0.3) is 0 Å². The van der Waals surface area contributed by atoms with Crippen LogP contribution in [0.1, 0.15) is 207 Å². The SMILES string of the molecule is CC(C)CCCCCCCCCCCCCC[C](=O)[Ti+2][C](=O)CCCCCCCCCCCCCCC(C)C.[Cl-].[Cl-]. The van der Waals surface area contributed by atoms with Crippen molar-refractivity contribution in [2.24, 2.45) is 11.8 Å². The van der Waals surface area contributed by atoms with Gasteiger partial charge in [0.1, 0.15) is 0 Å². The normalized spacial score (nSPS) is 10.9. The topological polar surface area (TPSA) is 34.1 Å². The molecule has 0 aliphatic rings. The van der Waals surface area contributed by atoms with E-state index >= 15 is 0 Å². The monoisotopic (exact) mass is 652 g/mol. The van der Waals surface area contributed by atoms with E-state index in [0.717, 1.165) is 24.7 Å². The minimum atomic E-state index is -1.02. The third kappa shape index (κ3) is 40.6. The Morgan fingerprint density at radius 2 is 0.561 bits per heavy atom. The second-order valence-electron chi connectivity index (χ2n) is 13.3. The fourth-order valence-corrected chi connectivity index (χ4v) is 6.92. The molecule has 0 spiro atoms. The molecule has 0 bridgehead atoms. The van der Waals surface area contributed by atoms with E-state index in [9.17, 15) is 9.59 Å². The summed E-state index contributed by atoms with van der Waals surface area (Å²) in [7, 11) is 0. The van der Waals surface area contributed by atoms with Gasteiger partial charge in [0.05, 0.1) is 0 Å². The van der Waals surface area contributed by atoms with E-state index in [2.05, 4.69) is 27.7 Å². The van der Waals surface area contributed by atoms with E-state index in [1.807, 2.05) is 0 Å². The Labute approximate surface area is 279 Å². The molecule has 0 amide bonds. The average Bonchev–Trinajstić information content (AvgIpc) is 2.88. The molecule has 244 valence electrons. The third-order valence-corrected chi connectivity index (χ3v) is 9.80. The molecule has 0 saturated heterocycles. The first-order valence-corrected chi connectivity index (χ1v) is 19.3. The number of carbonyl (C=O) groups excluding carboxylic acids is 2. The van der Waals surface area contributed by atoms with Crippen molar-refractivity contribution >= 4 is 8.18 Å². The van der Waals surface area contributed by atoms with Crippen LogP contribution in [0.2, 0.25) is 0 Å². The molecule has 0 aliphatic carbocycles. The summed E-state index contributed by atoms with van der Waals surface area (Å²) >= 11 is -1.02. The van der Waals surface area contributed by atoms with Gasteiger partial charge in [-0.3, -0.25) is 0 Å². The van der Waals surface area contributed by atoms with Crippen LogP contribution in [0.5, 0.6) is 0 Å². The molecule has 5 heteroatoms. The first-order valence-electron chi connectivity index (χ1n) is 17.7. The molecule has 0 saturated carbocycles. The number of halogens is 2. The van der Waals surface area contributed by atoms with Gasteiger partial charge >= 0.3 is 178 Å². The zero-order chi connectivity index (χ0) is 28.8. The molecule has 0 unspecified atom stereocenters. The fourth-order valence-electron chi connectivity index (χ4n) is 5.49. The predicted octanol–water partition coefficient (Wildman–Crippen LogP) is 6.36. The van der Waals surface area contributed by atoms with E-state index in [1.54, 1.807) is 0 Å². The smallest absolute Gasteiger partial charge is 1.00 e.